The van der Waals surface area contributed by atoms with Gasteiger partial charge in [0.25, 0.3) is 5.91 Å². The van der Waals surface area contributed by atoms with Crippen LogP contribution in [0.25, 0.3) is 0 Å². The van der Waals surface area contributed by atoms with Crippen LogP contribution in [0.15, 0.2) is 65.8 Å². The average Bonchev–Trinajstić information content (AvgIpc) is 3.26. The molecule has 9 heteroatoms. The van der Waals surface area contributed by atoms with Crippen LogP contribution in [0.1, 0.15) is 33.5 Å². The first-order valence-electron chi connectivity index (χ1n) is 10.3. The Labute approximate surface area is 195 Å². The molecule has 170 valence electrons. The van der Waals surface area contributed by atoms with Gasteiger partial charge >= 0.3 is 5.97 Å². The number of amides is 2. The summed E-state index contributed by atoms with van der Waals surface area (Å²) in [5, 5.41) is 2.97. The molecule has 0 spiro atoms. The van der Waals surface area contributed by atoms with Gasteiger partial charge in [0.1, 0.15) is 11.2 Å². The maximum atomic E-state index is 13.8. The van der Waals surface area contributed by atoms with Crippen LogP contribution in [0.5, 0.6) is 0 Å². The van der Waals surface area contributed by atoms with Gasteiger partial charge in [-0.2, -0.15) is 0 Å². The summed E-state index contributed by atoms with van der Waals surface area (Å²) in [6.07, 6.45) is 3.34. The first-order chi connectivity index (χ1) is 15.9. The highest BCUT2D eigenvalue weighted by Gasteiger charge is 2.49. The molecule has 0 radical (unpaired) electrons. The predicted octanol–water partition coefficient (Wildman–Crippen LogP) is 3.13. The van der Waals surface area contributed by atoms with Gasteiger partial charge in [-0.15, -0.1) is 11.8 Å². The van der Waals surface area contributed by atoms with Crippen molar-refractivity contribution >= 4 is 35.2 Å². The number of hydrogen-bond acceptors (Lipinski definition) is 6. The van der Waals surface area contributed by atoms with Crippen molar-refractivity contribution in [2.45, 2.75) is 30.4 Å². The number of carbonyl (C=O) groups excluding carboxylic acids is 3. The van der Waals surface area contributed by atoms with Crippen molar-refractivity contribution in [2.75, 3.05) is 18.3 Å². The number of imidazole rings is 1. The number of fused-ring (bicyclic) bond motifs is 1. The zero-order valence-electron chi connectivity index (χ0n) is 18.6. The summed E-state index contributed by atoms with van der Waals surface area (Å²) in [5.41, 5.74) is 0.283. The zero-order valence-corrected chi connectivity index (χ0v) is 19.4. The standard InChI is InChI=1S/C24H24N4O4S/c1-24(23(31)25-13-16-8-5-4-6-9-16)14-27-15-26-19(22(30)32-2)20(27)21(29)28(24)17-10-7-11-18(12-17)33-3/h4-12,15H,13-14H2,1-3H3,(H,25,31)/t24-/m1/s1. The minimum Gasteiger partial charge on any atom is -0.464 e. The molecular weight excluding hydrogens is 440 g/mol. The molecule has 2 heterocycles. The van der Waals surface area contributed by atoms with Crippen LogP contribution in [0.3, 0.4) is 0 Å². The van der Waals surface area contributed by atoms with E-state index in [1.54, 1.807) is 17.6 Å². The number of methoxy groups -OCH3 is 1. The lowest BCUT2D eigenvalue weighted by molar-refractivity contribution is -0.126. The summed E-state index contributed by atoms with van der Waals surface area (Å²) in [6.45, 7) is 2.17. The number of nitrogens with zero attached hydrogens (tertiary/aromatic N) is 3. The predicted molar refractivity (Wildman–Crippen MR) is 125 cm³/mol. The number of hydrogen-bond donors (Lipinski definition) is 1. The molecule has 0 saturated heterocycles. The second-order valence-corrected chi connectivity index (χ2v) is 8.73. The van der Waals surface area contributed by atoms with Gasteiger partial charge in [0, 0.05) is 17.1 Å². The Bertz CT molecular complexity index is 1210. The fourth-order valence-electron chi connectivity index (χ4n) is 4.00. The van der Waals surface area contributed by atoms with E-state index in [0.29, 0.717) is 12.2 Å². The molecule has 0 bridgehead atoms. The Hall–Kier alpha value is -3.59. The minimum absolute atomic E-state index is 0.0692. The van der Waals surface area contributed by atoms with E-state index >= 15 is 0 Å². The monoisotopic (exact) mass is 464 g/mol. The summed E-state index contributed by atoms with van der Waals surface area (Å²) in [5.74, 6) is -1.50. The minimum atomic E-state index is -1.26. The second kappa shape index (κ2) is 9.11. The third kappa shape index (κ3) is 4.11. The Morgan fingerprint density at radius 1 is 1.18 bits per heavy atom. The molecule has 1 aromatic heterocycles. The number of ether oxygens (including phenoxy) is 1. The summed E-state index contributed by atoms with van der Waals surface area (Å²) < 4.78 is 6.35. The van der Waals surface area contributed by atoms with Gasteiger partial charge in [-0.3, -0.25) is 14.5 Å². The third-order valence-corrected chi connectivity index (χ3v) is 6.42. The van der Waals surface area contributed by atoms with E-state index in [9.17, 15) is 14.4 Å². The molecule has 1 aliphatic heterocycles. The van der Waals surface area contributed by atoms with Crippen LogP contribution < -0.4 is 10.2 Å². The molecule has 0 fully saturated rings. The van der Waals surface area contributed by atoms with E-state index in [1.807, 2.05) is 54.8 Å². The zero-order chi connectivity index (χ0) is 23.6. The highest BCUT2D eigenvalue weighted by Crippen LogP contribution is 2.35. The van der Waals surface area contributed by atoms with Gasteiger partial charge in [0.15, 0.2) is 5.69 Å². The molecule has 33 heavy (non-hydrogen) atoms. The quantitative estimate of drug-likeness (QED) is 0.445. The molecule has 1 atom stereocenters. The van der Waals surface area contributed by atoms with Crippen LogP contribution in [0, 0.1) is 0 Å². The fraction of sp³-hybridized carbons (Fsp3) is 0.250. The normalized spacial score (nSPS) is 17.4. The fourth-order valence-corrected chi connectivity index (χ4v) is 4.45. The largest absolute Gasteiger partial charge is 0.464 e. The van der Waals surface area contributed by atoms with Crippen LogP contribution in [-0.4, -0.2) is 46.2 Å². The lowest BCUT2D eigenvalue weighted by Gasteiger charge is -2.43. The maximum absolute atomic E-state index is 13.8. The summed E-state index contributed by atoms with van der Waals surface area (Å²) in [4.78, 5) is 46.1. The Morgan fingerprint density at radius 3 is 2.64 bits per heavy atom. The van der Waals surface area contributed by atoms with Crippen molar-refractivity contribution in [1.82, 2.24) is 14.9 Å². The van der Waals surface area contributed by atoms with E-state index in [0.717, 1.165) is 10.5 Å². The van der Waals surface area contributed by atoms with Gasteiger partial charge in [-0.1, -0.05) is 36.4 Å². The third-order valence-electron chi connectivity index (χ3n) is 5.69. The Kier molecular flexibility index (Phi) is 6.24. The van der Waals surface area contributed by atoms with Crippen LogP contribution in [-0.2, 0) is 22.6 Å². The van der Waals surface area contributed by atoms with Crippen molar-refractivity contribution in [2.24, 2.45) is 0 Å². The number of carbonyl (C=O) groups is 3. The Morgan fingerprint density at radius 2 is 1.94 bits per heavy atom. The average molecular weight is 465 g/mol. The molecule has 0 unspecified atom stereocenters. The molecule has 1 aliphatic rings. The summed E-state index contributed by atoms with van der Waals surface area (Å²) in [6, 6.07) is 17.0. The van der Waals surface area contributed by atoms with E-state index < -0.39 is 17.4 Å². The number of nitrogens with one attached hydrogen (secondary N) is 1. The van der Waals surface area contributed by atoms with E-state index in [4.69, 9.17) is 4.74 Å². The lowest BCUT2D eigenvalue weighted by Crippen LogP contribution is -2.64. The number of aromatic nitrogens is 2. The SMILES string of the molecule is COC(=O)c1ncn2c1C(=O)N(c1cccc(SC)c1)[C@@](C)(C(=O)NCc1ccccc1)C2. The molecule has 2 aromatic carbocycles. The van der Waals surface area contributed by atoms with Gasteiger partial charge in [-0.25, -0.2) is 9.78 Å². The molecule has 0 saturated carbocycles. The summed E-state index contributed by atoms with van der Waals surface area (Å²) >= 11 is 1.53. The highest BCUT2D eigenvalue weighted by atomic mass is 32.2. The topological polar surface area (TPSA) is 93.5 Å². The van der Waals surface area contributed by atoms with Crippen molar-refractivity contribution < 1.29 is 19.1 Å². The van der Waals surface area contributed by atoms with Crippen molar-refractivity contribution in [1.29, 1.82) is 0 Å². The molecule has 1 N–H and O–H groups in total. The second-order valence-electron chi connectivity index (χ2n) is 7.85. The van der Waals surface area contributed by atoms with Crippen LogP contribution in [0.4, 0.5) is 5.69 Å². The van der Waals surface area contributed by atoms with Gasteiger partial charge in [0.05, 0.1) is 20.0 Å². The van der Waals surface area contributed by atoms with E-state index in [1.165, 1.54) is 30.1 Å². The maximum Gasteiger partial charge on any atom is 0.359 e. The summed E-state index contributed by atoms with van der Waals surface area (Å²) in [7, 11) is 1.24. The van der Waals surface area contributed by atoms with Crippen molar-refractivity contribution in [3.63, 3.8) is 0 Å². The van der Waals surface area contributed by atoms with E-state index in [-0.39, 0.29) is 23.8 Å². The number of anilines is 1. The Balaban J connectivity index is 1.77. The molecule has 8 nitrogen and oxygen atoms in total. The van der Waals surface area contributed by atoms with Crippen molar-refractivity contribution in [3.8, 4) is 0 Å². The van der Waals surface area contributed by atoms with Crippen molar-refractivity contribution in [3.05, 3.63) is 77.9 Å². The highest BCUT2D eigenvalue weighted by molar-refractivity contribution is 7.98. The van der Waals surface area contributed by atoms with E-state index in [2.05, 4.69) is 10.3 Å². The smallest absolute Gasteiger partial charge is 0.359 e. The van der Waals surface area contributed by atoms with Gasteiger partial charge < -0.3 is 14.6 Å². The first kappa shape index (κ1) is 22.6. The molecule has 0 aliphatic carbocycles. The van der Waals surface area contributed by atoms with Crippen LogP contribution >= 0.6 is 11.8 Å². The number of esters is 1. The van der Waals surface area contributed by atoms with Gasteiger partial charge in [0.2, 0.25) is 5.91 Å². The van der Waals surface area contributed by atoms with Crippen LogP contribution in [0.2, 0.25) is 0 Å². The molecule has 3 aromatic rings. The number of benzene rings is 2. The number of rotatable bonds is 6. The van der Waals surface area contributed by atoms with Gasteiger partial charge in [-0.05, 0) is 36.9 Å². The molecule has 4 rings (SSSR count). The molecular formula is C24H24N4O4S. The first-order valence-corrected chi connectivity index (χ1v) is 11.6. The number of thioether (sulfide) groups is 1. The molecule has 2 amide bonds. The lowest BCUT2D eigenvalue weighted by atomic mass is 9.93.